The van der Waals surface area contributed by atoms with Crippen LogP contribution in [-0.4, -0.2) is 39.6 Å². The zero-order valence-electron chi connectivity index (χ0n) is 20.9. The fourth-order valence-electron chi connectivity index (χ4n) is 4.65. The second-order valence-electron chi connectivity index (χ2n) is 9.38. The number of hydrogen-bond donors (Lipinski definition) is 3. The van der Waals surface area contributed by atoms with Crippen molar-refractivity contribution >= 4 is 45.8 Å². The van der Waals surface area contributed by atoms with Gasteiger partial charge in [-0.2, -0.15) is 0 Å². The molecule has 2 fully saturated rings. The SMILES string of the molecule is Nc1ccc(F)c([C@@]2(C(F)F)NC(=S)CCC2(F)F)c1.O=[N+]([O-])c1ccc(F)c([C@@]2(C(F)F)NC(=S)CCC2(F)F)c1. The number of halogens is 10. The number of nitro groups is 1. The lowest BCUT2D eigenvalue weighted by molar-refractivity contribution is -0.385. The molecule has 2 saturated heterocycles. The van der Waals surface area contributed by atoms with Gasteiger partial charge in [-0.05, 0) is 24.3 Å². The van der Waals surface area contributed by atoms with Crippen molar-refractivity contribution in [1.82, 2.24) is 10.6 Å². The zero-order chi connectivity index (χ0) is 31.8. The van der Waals surface area contributed by atoms with Gasteiger partial charge in [-0.15, -0.1) is 0 Å². The van der Waals surface area contributed by atoms with Gasteiger partial charge in [0.2, 0.25) is 0 Å². The number of hydrogen-bond acceptors (Lipinski definition) is 5. The maximum absolute atomic E-state index is 14.2. The molecule has 4 rings (SSSR count). The Bertz CT molecular complexity index is 1400. The van der Waals surface area contributed by atoms with Gasteiger partial charge in [-0.25, -0.2) is 43.9 Å². The number of alkyl halides is 8. The molecule has 0 radical (unpaired) electrons. The first kappa shape index (κ1) is 33.2. The third-order valence-electron chi connectivity index (χ3n) is 6.81. The van der Waals surface area contributed by atoms with Crippen LogP contribution in [0.3, 0.4) is 0 Å². The molecule has 0 aromatic heterocycles. The highest BCUT2D eigenvalue weighted by Gasteiger charge is 2.65. The predicted molar refractivity (Wildman–Crippen MR) is 139 cm³/mol. The lowest BCUT2D eigenvalue weighted by atomic mass is 9.78. The number of nitrogens with zero attached hydrogens (tertiary/aromatic N) is 1. The maximum atomic E-state index is 14.2. The van der Waals surface area contributed by atoms with Crippen LogP contribution in [0.1, 0.15) is 36.8 Å². The molecule has 42 heavy (non-hydrogen) atoms. The number of non-ortho nitro benzene ring substituents is 1. The number of piperidine rings is 2. The number of anilines is 1. The molecule has 230 valence electrons. The summed E-state index contributed by atoms with van der Waals surface area (Å²) >= 11 is 9.39. The van der Waals surface area contributed by atoms with Crippen LogP contribution in [0.4, 0.5) is 55.3 Å². The van der Waals surface area contributed by atoms with Gasteiger partial charge in [0.15, 0.2) is 11.1 Å². The number of thiocarbonyl (C=S) groups is 2. The molecule has 2 aromatic rings. The molecular weight excluding hydrogens is 630 g/mol. The smallest absolute Gasteiger partial charge is 0.280 e. The topological polar surface area (TPSA) is 93.2 Å². The second kappa shape index (κ2) is 11.8. The average Bonchev–Trinajstić information content (AvgIpc) is 2.88. The molecule has 2 atom stereocenters. The Kier molecular flexibility index (Phi) is 9.32. The van der Waals surface area contributed by atoms with Crippen LogP contribution in [0.5, 0.6) is 0 Å². The standard InChI is InChI=1S/C12H9F5N2O2S.C12H11F5N2S/c13-8-2-1-6(19(20)21)5-7(8)12(10(14)15)11(16,17)4-3-9(22)18-12;13-8-2-1-6(18)5-7(8)12(10(14)15)11(16,17)4-3-9(20)19-12/h1-2,5,10H,3-4H2,(H,18,22);1-2,5,10H,3-4,18H2,(H,19,20)/t2*12-/m00/s1. The third-order valence-corrected chi connectivity index (χ3v) is 7.43. The van der Waals surface area contributed by atoms with Gasteiger partial charge >= 0.3 is 0 Å². The summed E-state index contributed by atoms with van der Waals surface area (Å²) in [5.41, 5.74) is -4.14. The molecule has 0 saturated carbocycles. The van der Waals surface area contributed by atoms with Crippen LogP contribution in [0.25, 0.3) is 0 Å². The number of nitro benzene ring substituents is 1. The van der Waals surface area contributed by atoms with E-state index in [1.807, 2.05) is 10.6 Å². The van der Waals surface area contributed by atoms with Gasteiger partial charge in [0, 0.05) is 54.6 Å². The minimum absolute atomic E-state index is 0.0875. The van der Waals surface area contributed by atoms with Crippen LogP contribution in [0.15, 0.2) is 36.4 Å². The molecule has 4 N–H and O–H groups in total. The molecule has 0 amide bonds. The van der Waals surface area contributed by atoms with Gasteiger partial charge in [0.1, 0.15) is 11.6 Å². The van der Waals surface area contributed by atoms with E-state index in [2.05, 4.69) is 12.2 Å². The molecule has 2 heterocycles. The number of benzene rings is 2. The summed E-state index contributed by atoms with van der Waals surface area (Å²) in [6, 6.07) is 4.28. The highest BCUT2D eigenvalue weighted by molar-refractivity contribution is 7.80. The van der Waals surface area contributed by atoms with E-state index in [0.29, 0.717) is 18.2 Å². The number of rotatable bonds is 5. The lowest BCUT2D eigenvalue weighted by Gasteiger charge is -2.44. The normalized spacial score (nSPS) is 24.9. The van der Waals surface area contributed by atoms with E-state index in [1.165, 1.54) is 0 Å². The summed E-state index contributed by atoms with van der Waals surface area (Å²) in [7, 11) is 0. The van der Waals surface area contributed by atoms with E-state index in [0.717, 1.165) is 18.2 Å². The quantitative estimate of drug-likeness (QED) is 0.108. The van der Waals surface area contributed by atoms with Crippen LogP contribution < -0.4 is 16.4 Å². The first-order valence-corrected chi connectivity index (χ1v) is 12.6. The largest absolute Gasteiger partial charge is 0.399 e. The predicted octanol–water partition coefficient (Wildman–Crippen LogP) is 6.75. The molecule has 0 spiro atoms. The highest BCUT2D eigenvalue weighted by Crippen LogP contribution is 2.50. The Morgan fingerprint density at radius 2 is 1.19 bits per heavy atom. The average molecular weight is 651 g/mol. The van der Waals surface area contributed by atoms with E-state index >= 15 is 0 Å². The Hall–Kier alpha value is -3.28. The number of nitrogen functional groups attached to an aromatic ring is 1. The summed E-state index contributed by atoms with van der Waals surface area (Å²) in [5, 5.41) is 14.5. The molecule has 2 aromatic carbocycles. The molecule has 0 unspecified atom stereocenters. The van der Waals surface area contributed by atoms with Gasteiger partial charge in [-0.1, -0.05) is 24.4 Å². The van der Waals surface area contributed by atoms with Crippen LogP contribution >= 0.6 is 24.4 Å². The monoisotopic (exact) mass is 650 g/mol. The van der Waals surface area contributed by atoms with Crippen molar-refractivity contribution in [2.75, 3.05) is 5.73 Å². The summed E-state index contributed by atoms with van der Waals surface area (Å²) in [6.07, 6.45) is -9.76. The summed E-state index contributed by atoms with van der Waals surface area (Å²) in [6.45, 7) is 0. The second-order valence-corrected chi connectivity index (χ2v) is 10.4. The van der Waals surface area contributed by atoms with Crippen molar-refractivity contribution in [3.8, 4) is 0 Å². The Balaban J connectivity index is 0.000000231. The molecule has 2 aliphatic rings. The van der Waals surface area contributed by atoms with Gasteiger partial charge in [0.25, 0.3) is 30.4 Å². The van der Waals surface area contributed by atoms with Crippen molar-refractivity contribution in [3.05, 3.63) is 69.3 Å². The number of nitrogens with one attached hydrogen (secondary N) is 2. The van der Waals surface area contributed by atoms with Crippen molar-refractivity contribution in [2.45, 2.75) is 61.5 Å². The van der Waals surface area contributed by atoms with E-state index in [4.69, 9.17) is 18.0 Å². The van der Waals surface area contributed by atoms with Gasteiger partial charge in [-0.3, -0.25) is 10.1 Å². The Labute approximate surface area is 241 Å². The summed E-state index contributed by atoms with van der Waals surface area (Å²) < 4.78 is 138. The third kappa shape index (κ3) is 5.69. The van der Waals surface area contributed by atoms with E-state index in [9.17, 15) is 54.0 Å². The Morgan fingerprint density at radius 3 is 1.60 bits per heavy atom. The highest BCUT2D eigenvalue weighted by atomic mass is 32.1. The molecule has 2 aliphatic heterocycles. The molecule has 6 nitrogen and oxygen atoms in total. The molecule has 0 bridgehead atoms. The first-order chi connectivity index (χ1) is 19.3. The minimum atomic E-state index is -4.04. The van der Waals surface area contributed by atoms with Crippen molar-refractivity contribution < 1.29 is 48.8 Å². The van der Waals surface area contributed by atoms with Crippen molar-refractivity contribution in [1.29, 1.82) is 0 Å². The van der Waals surface area contributed by atoms with Crippen LogP contribution in [-0.2, 0) is 11.1 Å². The van der Waals surface area contributed by atoms with Gasteiger partial charge < -0.3 is 16.4 Å². The molecular formula is C24H20F10N4O2S2. The van der Waals surface area contributed by atoms with Crippen LogP contribution in [0.2, 0.25) is 0 Å². The fourth-order valence-corrected chi connectivity index (χ4v) is 5.18. The van der Waals surface area contributed by atoms with E-state index in [1.54, 1.807) is 0 Å². The van der Waals surface area contributed by atoms with E-state index in [-0.39, 0.29) is 28.5 Å². The first-order valence-electron chi connectivity index (χ1n) is 11.8. The molecule has 0 aliphatic carbocycles. The maximum Gasteiger partial charge on any atom is 0.280 e. The number of nitrogens with two attached hydrogens (primary N) is 1. The molecule has 18 heteroatoms. The summed E-state index contributed by atoms with van der Waals surface area (Å²) in [4.78, 5) is 9.29. The van der Waals surface area contributed by atoms with E-state index < -0.39 is 82.0 Å². The van der Waals surface area contributed by atoms with Gasteiger partial charge in [0.05, 0.1) is 14.9 Å². The van der Waals surface area contributed by atoms with Crippen LogP contribution in [0, 0.1) is 21.7 Å². The Morgan fingerprint density at radius 1 is 0.786 bits per heavy atom. The summed E-state index contributed by atoms with van der Waals surface area (Å²) in [5.74, 6) is -10.5. The van der Waals surface area contributed by atoms with Crippen molar-refractivity contribution in [3.63, 3.8) is 0 Å². The fraction of sp³-hybridized carbons (Fsp3) is 0.417. The lowest BCUT2D eigenvalue weighted by Crippen LogP contribution is -2.65. The minimum Gasteiger partial charge on any atom is -0.399 e. The zero-order valence-corrected chi connectivity index (χ0v) is 22.5. The van der Waals surface area contributed by atoms with Crippen molar-refractivity contribution in [2.24, 2.45) is 0 Å².